The van der Waals surface area contributed by atoms with Gasteiger partial charge in [0.1, 0.15) is 5.82 Å². The summed E-state index contributed by atoms with van der Waals surface area (Å²) in [5.74, 6) is 2.60. The summed E-state index contributed by atoms with van der Waals surface area (Å²) in [5.41, 5.74) is 11.0. The molecule has 0 saturated carbocycles. The SMILES string of the molecule is c1ccc(-c2nc(-c3ccccc3)nc(-n3c4cc5nc(-c6ccccc6)n(-c6ccccc6)c5cc4c4ccc5c6ccccc6n(-c6ccccc6)c5c43)n2)cc1. The standard InChI is InChI=1S/C52H33N7/c1-6-18-34(19-7-1)49-54-50(35-20-8-2-9-21-35)56-52(55-49)59-45-33-43-46(58(38-26-14-5-15-27-38)51(53-43)36-22-10-3-11-23-36)32-42(45)41-31-30-40-39-28-16-17-29-44(39)57(47(40)48(41)59)37-24-12-4-13-25-37/h1-33H. The molecule has 0 fully saturated rings. The predicted molar refractivity (Wildman–Crippen MR) is 239 cm³/mol. The lowest BCUT2D eigenvalue weighted by molar-refractivity contribution is 0.953. The number of fused-ring (bicyclic) bond motifs is 8. The molecule has 0 aliphatic heterocycles. The average Bonchev–Trinajstić information content (AvgIpc) is 3.97. The Kier molecular flexibility index (Phi) is 7.40. The van der Waals surface area contributed by atoms with Crippen LogP contribution >= 0.6 is 0 Å². The largest absolute Gasteiger partial charge is 0.307 e. The van der Waals surface area contributed by atoms with Crippen LogP contribution < -0.4 is 0 Å². The fourth-order valence-corrected chi connectivity index (χ4v) is 8.69. The Balaban J connectivity index is 1.28. The van der Waals surface area contributed by atoms with E-state index in [4.69, 9.17) is 19.9 Å². The molecule has 0 bridgehead atoms. The van der Waals surface area contributed by atoms with Gasteiger partial charge < -0.3 is 4.57 Å². The molecule has 7 nitrogen and oxygen atoms in total. The maximum absolute atomic E-state index is 5.40. The van der Waals surface area contributed by atoms with Crippen molar-refractivity contribution in [3.8, 4) is 51.5 Å². The molecule has 276 valence electrons. The number of aromatic nitrogens is 7. The van der Waals surface area contributed by atoms with Gasteiger partial charge >= 0.3 is 0 Å². The molecule has 4 heterocycles. The van der Waals surface area contributed by atoms with Crippen molar-refractivity contribution in [3.63, 3.8) is 0 Å². The van der Waals surface area contributed by atoms with E-state index in [9.17, 15) is 0 Å². The minimum Gasteiger partial charge on any atom is -0.307 e. The molecular weight excluding hydrogens is 723 g/mol. The maximum atomic E-state index is 5.40. The summed E-state index contributed by atoms with van der Waals surface area (Å²) < 4.78 is 6.90. The van der Waals surface area contributed by atoms with E-state index in [0.29, 0.717) is 17.6 Å². The summed E-state index contributed by atoms with van der Waals surface area (Å²) in [6, 6.07) is 69.5. The Bertz CT molecular complexity index is 3460. The van der Waals surface area contributed by atoms with Crippen molar-refractivity contribution in [2.24, 2.45) is 0 Å². The number of hydrogen-bond donors (Lipinski definition) is 0. The van der Waals surface area contributed by atoms with Crippen molar-refractivity contribution >= 4 is 54.6 Å². The summed E-state index contributed by atoms with van der Waals surface area (Å²) in [4.78, 5) is 21.2. The van der Waals surface area contributed by atoms with Crippen LogP contribution in [0.15, 0.2) is 200 Å². The summed E-state index contributed by atoms with van der Waals surface area (Å²) in [6.07, 6.45) is 0. The van der Waals surface area contributed by atoms with Crippen molar-refractivity contribution < 1.29 is 0 Å². The third-order valence-electron chi connectivity index (χ3n) is 11.3. The lowest BCUT2D eigenvalue weighted by Crippen LogP contribution is -2.07. The molecule has 59 heavy (non-hydrogen) atoms. The Morgan fingerprint density at radius 1 is 0.305 bits per heavy atom. The van der Waals surface area contributed by atoms with E-state index in [-0.39, 0.29) is 0 Å². The van der Waals surface area contributed by atoms with Gasteiger partial charge in [-0.3, -0.25) is 9.13 Å². The summed E-state index contributed by atoms with van der Waals surface area (Å²) in [7, 11) is 0. The molecule has 8 aromatic carbocycles. The van der Waals surface area contributed by atoms with Gasteiger partial charge in [0.25, 0.3) is 0 Å². The highest BCUT2D eigenvalue weighted by molar-refractivity contribution is 6.24. The Hall–Kier alpha value is -8.16. The third kappa shape index (κ3) is 5.22. The molecule has 0 N–H and O–H groups in total. The Morgan fingerprint density at radius 3 is 1.41 bits per heavy atom. The van der Waals surface area contributed by atoms with Gasteiger partial charge in [-0.15, -0.1) is 0 Å². The molecule has 0 aliphatic rings. The van der Waals surface area contributed by atoms with E-state index < -0.39 is 0 Å². The van der Waals surface area contributed by atoms with Crippen LogP contribution in [0.3, 0.4) is 0 Å². The first-order valence-corrected chi connectivity index (χ1v) is 19.7. The molecule has 0 unspecified atom stereocenters. The lowest BCUT2D eigenvalue weighted by atomic mass is 10.1. The number of para-hydroxylation sites is 3. The lowest BCUT2D eigenvalue weighted by Gasteiger charge is -2.13. The second kappa shape index (κ2) is 13.2. The van der Waals surface area contributed by atoms with Gasteiger partial charge in [0.2, 0.25) is 5.95 Å². The Morgan fingerprint density at radius 2 is 0.797 bits per heavy atom. The fraction of sp³-hybridized carbons (Fsp3) is 0. The monoisotopic (exact) mass is 755 g/mol. The van der Waals surface area contributed by atoms with Crippen LogP contribution in [0.5, 0.6) is 0 Å². The normalized spacial score (nSPS) is 11.7. The van der Waals surface area contributed by atoms with Crippen molar-refractivity contribution in [1.82, 2.24) is 33.6 Å². The van der Waals surface area contributed by atoms with E-state index in [1.807, 2.05) is 42.5 Å². The second-order valence-corrected chi connectivity index (χ2v) is 14.7. The number of hydrogen-bond acceptors (Lipinski definition) is 4. The number of imidazole rings is 1. The zero-order chi connectivity index (χ0) is 38.9. The molecule has 0 spiro atoms. The average molecular weight is 756 g/mol. The molecule has 7 heteroatoms. The van der Waals surface area contributed by atoms with E-state index >= 15 is 0 Å². The van der Waals surface area contributed by atoms with Crippen molar-refractivity contribution in [1.29, 1.82) is 0 Å². The third-order valence-corrected chi connectivity index (χ3v) is 11.3. The number of benzene rings is 8. The van der Waals surface area contributed by atoms with E-state index in [0.717, 1.165) is 83.1 Å². The van der Waals surface area contributed by atoms with Crippen LogP contribution in [-0.2, 0) is 0 Å². The molecule has 4 aromatic heterocycles. The van der Waals surface area contributed by atoms with Crippen LogP contribution in [0.2, 0.25) is 0 Å². The quantitative estimate of drug-likeness (QED) is 0.169. The van der Waals surface area contributed by atoms with E-state index in [1.165, 1.54) is 5.39 Å². The molecule has 0 radical (unpaired) electrons. The first-order valence-electron chi connectivity index (χ1n) is 19.7. The summed E-state index contributed by atoms with van der Waals surface area (Å²) in [5, 5.41) is 4.47. The van der Waals surface area contributed by atoms with Crippen LogP contribution in [0.1, 0.15) is 0 Å². The van der Waals surface area contributed by atoms with Crippen molar-refractivity contribution in [2.45, 2.75) is 0 Å². The summed E-state index contributed by atoms with van der Waals surface area (Å²) >= 11 is 0. The fourth-order valence-electron chi connectivity index (χ4n) is 8.69. The zero-order valence-electron chi connectivity index (χ0n) is 31.7. The minimum atomic E-state index is 0.528. The molecule has 0 atom stereocenters. The maximum Gasteiger partial charge on any atom is 0.238 e. The molecule has 12 rings (SSSR count). The highest BCUT2D eigenvalue weighted by Crippen LogP contribution is 2.43. The number of rotatable bonds is 6. The van der Waals surface area contributed by atoms with E-state index in [1.54, 1.807) is 0 Å². The van der Waals surface area contributed by atoms with Gasteiger partial charge in [0, 0.05) is 49.6 Å². The second-order valence-electron chi connectivity index (χ2n) is 14.7. The topological polar surface area (TPSA) is 66.3 Å². The summed E-state index contributed by atoms with van der Waals surface area (Å²) in [6.45, 7) is 0. The zero-order valence-corrected chi connectivity index (χ0v) is 31.7. The number of nitrogens with zero attached hydrogens (tertiary/aromatic N) is 7. The smallest absolute Gasteiger partial charge is 0.238 e. The minimum absolute atomic E-state index is 0.528. The van der Waals surface area contributed by atoms with Crippen LogP contribution in [0.25, 0.3) is 106 Å². The first kappa shape index (κ1) is 33.0. The van der Waals surface area contributed by atoms with Gasteiger partial charge in [0.15, 0.2) is 11.6 Å². The van der Waals surface area contributed by atoms with Crippen LogP contribution in [0.4, 0.5) is 0 Å². The Labute approximate surface area is 338 Å². The van der Waals surface area contributed by atoms with Gasteiger partial charge in [-0.25, -0.2) is 9.97 Å². The molecule has 0 amide bonds. The predicted octanol–water partition coefficient (Wildman–Crippen LogP) is 12.4. The highest BCUT2D eigenvalue weighted by atomic mass is 15.2. The van der Waals surface area contributed by atoms with Crippen LogP contribution in [0, 0.1) is 0 Å². The van der Waals surface area contributed by atoms with Gasteiger partial charge in [0.05, 0.1) is 33.1 Å². The van der Waals surface area contributed by atoms with E-state index in [2.05, 4.69) is 171 Å². The van der Waals surface area contributed by atoms with Gasteiger partial charge in [-0.2, -0.15) is 9.97 Å². The first-order chi connectivity index (χ1) is 29.3. The van der Waals surface area contributed by atoms with Crippen molar-refractivity contribution in [3.05, 3.63) is 200 Å². The van der Waals surface area contributed by atoms with Crippen molar-refractivity contribution in [2.75, 3.05) is 0 Å². The molecule has 0 aliphatic carbocycles. The highest BCUT2D eigenvalue weighted by Gasteiger charge is 2.25. The molecule has 0 saturated heterocycles. The van der Waals surface area contributed by atoms with Gasteiger partial charge in [-0.1, -0.05) is 158 Å². The van der Waals surface area contributed by atoms with Gasteiger partial charge in [-0.05, 0) is 42.5 Å². The molecular formula is C52H33N7. The molecule has 12 aromatic rings. The van der Waals surface area contributed by atoms with Crippen LogP contribution in [-0.4, -0.2) is 33.6 Å².